The van der Waals surface area contributed by atoms with Gasteiger partial charge in [-0.1, -0.05) is 43.1 Å². The van der Waals surface area contributed by atoms with Crippen molar-refractivity contribution >= 4 is 23.2 Å². The molecule has 0 aliphatic carbocycles. The average molecular weight is 328 g/mol. The molecule has 1 unspecified atom stereocenters. The van der Waals surface area contributed by atoms with Gasteiger partial charge in [-0.3, -0.25) is 0 Å². The Kier molecular flexibility index (Phi) is 5.96. The lowest BCUT2D eigenvalue weighted by atomic mass is 10.0. The van der Waals surface area contributed by atoms with Gasteiger partial charge in [0.1, 0.15) is 0 Å². The van der Waals surface area contributed by atoms with Crippen molar-refractivity contribution in [2.75, 3.05) is 19.6 Å². The van der Waals surface area contributed by atoms with Crippen LogP contribution in [0.4, 0.5) is 0 Å². The number of benzene rings is 1. The second-order valence-electron chi connectivity index (χ2n) is 4.76. The molecule has 0 amide bonds. The maximum atomic E-state index is 6.13. The van der Waals surface area contributed by atoms with Crippen molar-refractivity contribution in [2.45, 2.75) is 26.3 Å². The zero-order valence-electron chi connectivity index (χ0n) is 12.2. The van der Waals surface area contributed by atoms with E-state index in [0.29, 0.717) is 10.0 Å². The SMILES string of the molecule is CCN(CC)CCC(c1ccc(Cl)c(Cl)c1)n1ncnn1. The van der Waals surface area contributed by atoms with Gasteiger partial charge in [0, 0.05) is 6.54 Å². The zero-order chi connectivity index (χ0) is 15.2. The van der Waals surface area contributed by atoms with E-state index in [1.807, 2.05) is 12.1 Å². The van der Waals surface area contributed by atoms with Crippen LogP contribution in [0.5, 0.6) is 0 Å². The Morgan fingerprint density at radius 2 is 1.95 bits per heavy atom. The summed E-state index contributed by atoms with van der Waals surface area (Å²) in [4.78, 5) is 3.99. The summed E-state index contributed by atoms with van der Waals surface area (Å²) in [6, 6.07) is 5.65. The standard InChI is InChI=1S/C14H19Cl2N5/c1-3-20(4-2)8-7-14(21-18-10-17-19-21)11-5-6-12(15)13(16)9-11/h5-6,9-10,14H,3-4,7-8H2,1-2H3. The molecule has 0 saturated heterocycles. The monoisotopic (exact) mass is 327 g/mol. The minimum Gasteiger partial charge on any atom is -0.304 e. The fourth-order valence-corrected chi connectivity index (χ4v) is 2.60. The molecule has 0 spiro atoms. The van der Waals surface area contributed by atoms with Crippen LogP contribution < -0.4 is 0 Å². The molecular weight excluding hydrogens is 309 g/mol. The smallest absolute Gasteiger partial charge is 0.162 e. The number of rotatable bonds is 7. The van der Waals surface area contributed by atoms with E-state index in [-0.39, 0.29) is 6.04 Å². The first-order valence-corrected chi connectivity index (χ1v) is 7.81. The van der Waals surface area contributed by atoms with Gasteiger partial charge in [-0.25, -0.2) is 0 Å². The molecule has 0 N–H and O–H groups in total. The van der Waals surface area contributed by atoms with Gasteiger partial charge in [0.05, 0.1) is 16.1 Å². The molecule has 0 fully saturated rings. The van der Waals surface area contributed by atoms with Crippen LogP contribution in [0.25, 0.3) is 0 Å². The molecular formula is C14H19Cl2N5. The minimum absolute atomic E-state index is 0.00265. The Hall–Kier alpha value is -1.17. The van der Waals surface area contributed by atoms with E-state index >= 15 is 0 Å². The topological polar surface area (TPSA) is 46.8 Å². The van der Waals surface area contributed by atoms with E-state index in [0.717, 1.165) is 31.6 Å². The fourth-order valence-electron chi connectivity index (χ4n) is 2.30. The van der Waals surface area contributed by atoms with Crippen molar-refractivity contribution in [3.05, 3.63) is 40.1 Å². The lowest BCUT2D eigenvalue weighted by Crippen LogP contribution is -2.27. The summed E-state index contributed by atoms with van der Waals surface area (Å²) in [5.74, 6) is 0. The molecule has 1 aromatic carbocycles. The predicted octanol–water partition coefficient (Wildman–Crippen LogP) is 3.30. The van der Waals surface area contributed by atoms with E-state index < -0.39 is 0 Å². The molecule has 114 valence electrons. The highest BCUT2D eigenvalue weighted by atomic mass is 35.5. The van der Waals surface area contributed by atoms with Gasteiger partial charge in [-0.2, -0.15) is 4.80 Å². The summed E-state index contributed by atoms with van der Waals surface area (Å²) < 4.78 is 0. The van der Waals surface area contributed by atoms with Crippen LogP contribution in [0.15, 0.2) is 24.5 Å². The third-order valence-corrected chi connectivity index (χ3v) is 4.32. The maximum absolute atomic E-state index is 6.13. The van der Waals surface area contributed by atoms with Crippen LogP contribution in [0, 0.1) is 0 Å². The molecule has 5 nitrogen and oxygen atoms in total. The van der Waals surface area contributed by atoms with Gasteiger partial charge in [-0.05, 0) is 42.4 Å². The van der Waals surface area contributed by atoms with E-state index in [2.05, 4.69) is 34.2 Å². The molecule has 0 aliphatic heterocycles. The van der Waals surface area contributed by atoms with Crippen molar-refractivity contribution in [3.63, 3.8) is 0 Å². The zero-order valence-corrected chi connectivity index (χ0v) is 13.7. The number of halogens is 2. The van der Waals surface area contributed by atoms with Crippen LogP contribution in [0.2, 0.25) is 10.0 Å². The normalized spacial score (nSPS) is 12.8. The molecule has 2 rings (SSSR count). The summed E-state index contributed by atoms with van der Waals surface area (Å²) in [5.41, 5.74) is 1.04. The van der Waals surface area contributed by atoms with Gasteiger partial charge in [0.25, 0.3) is 0 Å². The lowest BCUT2D eigenvalue weighted by Gasteiger charge is -2.22. The first-order valence-electron chi connectivity index (χ1n) is 7.05. The summed E-state index contributed by atoms with van der Waals surface area (Å²) in [7, 11) is 0. The summed E-state index contributed by atoms with van der Waals surface area (Å²) in [6.07, 6.45) is 2.33. The quantitative estimate of drug-likeness (QED) is 0.782. The minimum atomic E-state index is 0.00265. The van der Waals surface area contributed by atoms with Gasteiger partial charge < -0.3 is 4.90 Å². The van der Waals surface area contributed by atoms with Crippen molar-refractivity contribution in [1.82, 2.24) is 25.1 Å². The van der Waals surface area contributed by atoms with Crippen LogP contribution in [0.3, 0.4) is 0 Å². The highest BCUT2D eigenvalue weighted by molar-refractivity contribution is 6.42. The Labute approximate surface area is 134 Å². The Bertz CT molecular complexity index is 554. The van der Waals surface area contributed by atoms with Gasteiger partial charge in [0.15, 0.2) is 6.33 Å². The number of hydrogen-bond donors (Lipinski definition) is 0. The van der Waals surface area contributed by atoms with E-state index in [1.165, 1.54) is 6.33 Å². The highest BCUT2D eigenvalue weighted by Gasteiger charge is 2.18. The first-order chi connectivity index (χ1) is 10.2. The molecule has 1 atom stereocenters. The van der Waals surface area contributed by atoms with Crippen molar-refractivity contribution < 1.29 is 0 Å². The molecule has 1 heterocycles. The van der Waals surface area contributed by atoms with Crippen LogP contribution in [-0.4, -0.2) is 44.7 Å². The van der Waals surface area contributed by atoms with Gasteiger partial charge >= 0.3 is 0 Å². The summed E-state index contributed by atoms with van der Waals surface area (Å²) >= 11 is 12.1. The van der Waals surface area contributed by atoms with Crippen LogP contribution in [0.1, 0.15) is 31.9 Å². The summed E-state index contributed by atoms with van der Waals surface area (Å²) in [5, 5.41) is 13.1. The number of tetrazole rings is 1. The predicted molar refractivity (Wildman–Crippen MR) is 84.8 cm³/mol. The average Bonchev–Trinajstić information content (AvgIpc) is 3.01. The molecule has 0 aliphatic rings. The first kappa shape index (κ1) is 16.2. The van der Waals surface area contributed by atoms with Crippen LogP contribution >= 0.6 is 23.2 Å². The number of hydrogen-bond acceptors (Lipinski definition) is 4. The Balaban J connectivity index is 2.22. The van der Waals surface area contributed by atoms with Gasteiger partial charge in [-0.15, -0.1) is 10.2 Å². The van der Waals surface area contributed by atoms with E-state index in [1.54, 1.807) is 10.9 Å². The number of aromatic nitrogens is 4. The molecule has 1 aromatic heterocycles. The Morgan fingerprint density at radius 1 is 1.19 bits per heavy atom. The molecule has 0 bridgehead atoms. The Morgan fingerprint density at radius 3 is 2.52 bits per heavy atom. The second-order valence-corrected chi connectivity index (χ2v) is 5.58. The molecule has 0 radical (unpaired) electrons. The third-order valence-electron chi connectivity index (χ3n) is 3.59. The van der Waals surface area contributed by atoms with Gasteiger partial charge in [0.2, 0.25) is 0 Å². The number of nitrogens with zero attached hydrogens (tertiary/aromatic N) is 5. The largest absolute Gasteiger partial charge is 0.304 e. The molecule has 21 heavy (non-hydrogen) atoms. The maximum Gasteiger partial charge on any atom is 0.162 e. The van der Waals surface area contributed by atoms with Crippen LogP contribution in [-0.2, 0) is 0 Å². The highest BCUT2D eigenvalue weighted by Crippen LogP contribution is 2.28. The lowest BCUT2D eigenvalue weighted by molar-refractivity contribution is 0.273. The second kappa shape index (κ2) is 7.73. The van der Waals surface area contributed by atoms with E-state index in [9.17, 15) is 0 Å². The van der Waals surface area contributed by atoms with Crippen molar-refractivity contribution in [2.24, 2.45) is 0 Å². The fraction of sp³-hybridized carbons (Fsp3) is 0.500. The third kappa shape index (κ3) is 4.15. The molecule has 7 heteroatoms. The van der Waals surface area contributed by atoms with Crippen molar-refractivity contribution in [1.29, 1.82) is 0 Å². The van der Waals surface area contributed by atoms with E-state index in [4.69, 9.17) is 23.2 Å². The molecule has 0 saturated carbocycles. The van der Waals surface area contributed by atoms with Crippen molar-refractivity contribution in [3.8, 4) is 0 Å². The summed E-state index contributed by atoms with van der Waals surface area (Å²) in [6.45, 7) is 7.32. The molecule has 2 aromatic rings.